The fraction of sp³-hybridized carbons (Fsp3) is 0.211. The standard InChI is InChI=1S/C19H17N5O2S2/c1-11(2)16-23-24-19(26-16)22-15(25)9-27-17-13-8-14(12-6-4-3-5-7-12)28-18(13)21-10-20-17/h3-8,10-11H,9H2,1-2H3,(H,22,24,25). The maximum atomic E-state index is 12.2. The van der Waals surface area contributed by atoms with Gasteiger partial charge in [-0.1, -0.05) is 61.0 Å². The van der Waals surface area contributed by atoms with Crippen LogP contribution in [0.5, 0.6) is 0 Å². The predicted molar refractivity (Wildman–Crippen MR) is 111 cm³/mol. The Morgan fingerprint density at radius 3 is 2.79 bits per heavy atom. The van der Waals surface area contributed by atoms with E-state index in [0.717, 1.165) is 25.7 Å². The third-order valence-electron chi connectivity index (χ3n) is 3.87. The van der Waals surface area contributed by atoms with Gasteiger partial charge in [-0.3, -0.25) is 10.1 Å². The van der Waals surface area contributed by atoms with Crippen LogP contribution in [0.25, 0.3) is 20.7 Å². The minimum Gasteiger partial charge on any atom is -0.408 e. The molecule has 4 aromatic rings. The van der Waals surface area contributed by atoms with E-state index in [0.29, 0.717) is 5.89 Å². The highest BCUT2D eigenvalue weighted by Gasteiger charge is 2.15. The van der Waals surface area contributed by atoms with Gasteiger partial charge in [0.1, 0.15) is 16.2 Å². The number of nitrogens with zero attached hydrogens (tertiary/aromatic N) is 4. The molecule has 0 fully saturated rings. The molecule has 0 atom stereocenters. The van der Waals surface area contributed by atoms with Crippen molar-refractivity contribution >= 4 is 45.2 Å². The van der Waals surface area contributed by atoms with E-state index in [2.05, 4.69) is 43.7 Å². The molecule has 3 aromatic heterocycles. The zero-order chi connectivity index (χ0) is 19.5. The lowest BCUT2D eigenvalue weighted by Crippen LogP contribution is -2.14. The van der Waals surface area contributed by atoms with E-state index >= 15 is 0 Å². The number of thioether (sulfide) groups is 1. The summed E-state index contributed by atoms with van der Waals surface area (Å²) in [7, 11) is 0. The van der Waals surface area contributed by atoms with Gasteiger partial charge in [-0.2, -0.15) is 0 Å². The lowest BCUT2D eigenvalue weighted by molar-refractivity contribution is -0.113. The molecule has 0 bridgehead atoms. The van der Waals surface area contributed by atoms with Gasteiger partial charge >= 0.3 is 6.01 Å². The van der Waals surface area contributed by atoms with Gasteiger partial charge in [0.2, 0.25) is 11.8 Å². The third kappa shape index (κ3) is 4.05. The van der Waals surface area contributed by atoms with Crippen LogP contribution in [0.4, 0.5) is 6.01 Å². The van der Waals surface area contributed by atoms with E-state index in [1.54, 1.807) is 11.3 Å². The van der Waals surface area contributed by atoms with Gasteiger partial charge in [0, 0.05) is 16.2 Å². The highest BCUT2D eigenvalue weighted by Crippen LogP contribution is 2.36. The van der Waals surface area contributed by atoms with Crippen molar-refractivity contribution in [3.8, 4) is 10.4 Å². The SMILES string of the molecule is CC(C)c1nnc(NC(=O)CSc2ncnc3sc(-c4ccccc4)cc23)o1. The van der Waals surface area contributed by atoms with Crippen molar-refractivity contribution in [1.29, 1.82) is 0 Å². The third-order valence-corrected chi connectivity index (χ3v) is 5.97. The molecule has 7 nitrogen and oxygen atoms in total. The monoisotopic (exact) mass is 411 g/mol. The van der Waals surface area contributed by atoms with Crippen LogP contribution in [-0.4, -0.2) is 31.8 Å². The van der Waals surface area contributed by atoms with Crippen molar-refractivity contribution in [3.05, 3.63) is 48.6 Å². The summed E-state index contributed by atoms with van der Waals surface area (Å²) in [4.78, 5) is 23.0. The zero-order valence-electron chi connectivity index (χ0n) is 15.2. The Labute approximate surface area is 169 Å². The van der Waals surface area contributed by atoms with Crippen molar-refractivity contribution in [2.24, 2.45) is 0 Å². The van der Waals surface area contributed by atoms with Crippen molar-refractivity contribution in [2.45, 2.75) is 24.8 Å². The smallest absolute Gasteiger partial charge is 0.322 e. The number of rotatable bonds is 6. The number of hydrogen-bond donors (Lipinski definition) is 1. The predicted octanol–water partition coefficient (Wildman–Crippen LogP) is 4.60. The van der Waals surface area contributed by atoms with Crippen LogP contribution in [0.3, 0.4) is 0 Å². The normalized spacial score (nSPS) is 11.2. The first-order chi connectivity index (χ1) is 13.6. The second-order valence-corrected chi connectivity index (χ2v) is 8.31. The topological polar surface area (TPSA) is 93.8 Å². The first-order valence-electron chi connectivity index (χ1n) is 8.66. The number of nitrogens with one attached hydrogen (secondary N) is 1. The summed E-state index contributed by atoms with van der Waals surface area (Å²) in [6.45, 7) is 3.89. The molecule has 28 heavy (non-hydrogen) atoms. The highest BCUT2D eigenvalue weighted by molar-refractivity contribution is 8.00. The summed E-state index contributed by atoms with van der Waals surface area (Å²) in [6, 6.07) is 12.3. The van der Waals surface area contributed by atoms with E-state index in [9.17, 15) is 4.79 Å². The first kappa shape index (κ1) is 18.6. The molecule has 0 aliphatic heterocycles. The summed E-state index contributed by atoms with van der Waals surface area (Å²) in [6.07, 6.45) is 1.53. The van der Waals surface area contributed by atoms with Gasteiger partial charge in [-0.25, -0.2) is 9.97 Å². The Morgan fingerprint density at radius 1 is 1.21 bits per heavy atom. The Balaban J connectivity index is 1.47. The van der Waals surface area contributed by atoms with Crippen LogP contribution in [0.2, 0.25) is 0 Å². The number of amides is 1. The summed E-state index contributed by atoms with van der Waals surface area (Å²) < 4.78 is 5.40. The number of carbonyl (C=O) groups excluding carboxylic acids is 1. The molecule has 0 radical (unpaired) electrons. The van der Waals surface area contributed by atoms with Crippen LogP contribution in [0.1, 0.15) is 25.7 Å². The molecule has 1 amide bonds. The van der Waals surface area contributed by atoms with Crippen LogP contribution in [0, 0.1) is 0 Å². The van der Waals surface area contributed by atoms with E-state index in [1.807, 2.05) is 32.0 Å². The highest BCUT2D eigenvalue weighted by atomic mass is 32.2. The van der Waals surface area contributed by atoms with E-state index in [4.69, 9.17) is 4.42 Å². The number of hydrogen-bond acceptors (Lipinski definition) is 8. The van der Waals surface area contributed by atoms with Crippen LogP contribution in [0.15, 0.2) is 52.2 Å². The van der Waals surface area contributed by atoms with Crippen LogP contribution in [-0.2, 0) is 4.79 Å². The minimum atomic E-state index is -0.228. The quantitative estimate of drug-likeness (QED) is 0.366. The van der Waals surface area contributed by atoms with E-state index in [1.165, 1.54) is 18.1 Å². The molecule has 3 heterocycles. The molecular formula is C19H17N5O2S2. The van der Waals surface area contributed by atoms with Crippen molar-refractivity contribution in [2.75, 3.05) is 11.1 Å². The first-order valence-corrected chi connectivity index (χ1v) is 10.5. The van der Waals surface area contributed by atoms with Crippen molar-refractivity contribution in [3.63, 3.8) is 0 Å². The molecule has 0 spiro atoms. The number of thiophene rings is 1. The molecule has 142 valence electrons. The molecule has 4 rings (SSSR count). The fourth-order valence-corrected chi connectivity index (χ4v) is 4.34. The van der Waals surface area contributed by atoms with E-state index in [-0.39, 0.29) is 23.6 Å². The summed E-state index contributed by atoms with van der Waals surface area (Å²) in [5.41, 5.74) is 1.14. The number of aromatic nitrogens is 4. The number of anilines is 1. The second kappa shape index (κ2) is 8.07. The van der Waals surface area contributed by atoms with Crippen LogP contribution >= 0.6 is 23.1 Å². The maximum Gasteiger partial charge on any atom is 0.322 e. The summed E-state index contributed by atoms with van der Waals surface area (Å²) in [5.74, 6) is 0.558. The molecule has 1 N–H and O–H groups in total. The molecule has 1 aromatic carbocycles. The average Bonchev–Trinajstić information content (AvgIpc) is 3.34. The second-order valence-electron chi connectivity index (χ2n) is 6.31. The van der Waals surface area contributed by atoms with Gasteiger partial charge in [-0.05, 0) is 11.6 Å². The Morgan fingerprint density at radius 2 is 2.04 bits per heavy atom. The molecule has 0 saturated heterocycles. The number of benzene rings is 1. The van der Waals surface area contributed by atoms with Gasteiger partial charge in [0.05, 0.1) is 5.75 Å². The minimum absolute atomic E-state index is 0.110. The summed E-state index contributed by atoms with van der Waals surface area (Å²) >= 11 is 2.96. The maximum absolute atomic E-state index is 12.2. The van der Waals surface area contributed by atoms with Gasteiger partial charge < -0.3 is 4.42 Å². The van der Waals surface area contributed by atoms with Gasteiger partial charge in [0.15, 0.2) is 0 Å². The number of fused-ring (bicyclic) bond motifs is 1. The molecule has 0 saturated carbocycles. The Hall–Kier alpha value is -2.78. The van der Waals surface area contributed by atoms with Gasteiger partial charge in [-0.15, -0.1) is 16.4 Å². The van der Waals surface area contributed by atoms with Crippen molar-refractivity contribution < 1.29 is 9.21 Å². The van der Waals surface area contributed by atoms with Crippen molar-refractivity contribution in [1.82, 2.24) is 20.2 Å². The van der Waals surface area contributed by atoms with Gasteiger partial charge in [0.25, 0.3) is 0 Å². The lowest BCUT2D eigenvalue weighted by atomic mass is 10.2. The fourth-order valence-electron chi connectivity index (χ4n) is 2.50. The van der Waals surface area contributed by atoms with E-state index < -0.39 is 0 Å². The molecule has 9 heteroatoms. The lowest BCUT2D eigenvalue weighted by Gasteiger charge is -2.02. The Kier molecular flexibility index (Phi) is 5.36. The molecular weight excluding hydrogens is 394 g/mol. The molecule has 0 aliphatic carbocycles. The number of carbonyl (C=O) groups is 1. The largest absolute Gasteiger partial charge is 0.408 e. The zero-order valence-corrected chi connectivity index (χ0v) is 16.9. The molecule has 0 aliphatic rings. The summed E-state index contributed by atoms with van der Waals surface area (Å²) in [5, 5.41) is 12.1. The van der Waals surface area contributed by atoms with Crippen LogP contribution < -0.4 is 5.32 Å². The molecule has 0 unspecified atom stereocenters. The average molecular weight is 412 g/mol. The Bertz CT molecular complexity index is 1110.